The Morgan fingerprint density at radius 2 is 1.81 bits per heavy atom. The largest absolute Gasteiger partial charge is 0.496 e. The molecule has 0 saturated carbocycles. The van der Waals surface area contributed by atoms with E-state index in [1.54, 1.807) is 33.0 Å². The van der Waals surface area contributed by atoms with Crippen molar-refractivity contribution in [2.45, 2.75) is 32.9 Å². The minimum Gasteiger partial charge on any atom is -0.496 e. The highest BCUT2D eigenvalue weighted by atomic mass is 16.6. The number of methoxy groups -OCH3 is 2. The summed E-state index contributed by atoms with van der Waals surface area (Å²) in [5, 5.41) is 0. The van der Waals surface area contributed by atoms with Gasteiger partial charge in [0.05, 0.1) is 32.9 Å². The minimum absolute atomic E-state index is 0.00511. The molecule has 0 radical (unpaired) electrons. The molecule has 0 N–H and O–H groups in total. The zero-order chi connectivity index (χ0) is 19.0. The molecule has 1 atom stereocenters. The van der Waals surface area contributed by atoms with Crippen LogP contribution in [0.25, 0.3) is 6.08 Å². The first-order chi connectivity index (χ1) is 12.4. The number of carbonyl (C=O) groups is 2. The van der Waals surface area contributed by atoms with Gasteiger partial charge < -0.3 is 19.1 Å². The quantitative estimate of drug-likeness (QED) is 0.829. The van der Waals surface area contributed by atoms with Gasteiger partial charge in [0.15, 0.2) is 0 Å². The molecule has 2 aliphatic rings. The van der Waals surface area contributed by atoms with Gasteiger partial charge in [-0.1, -0.05) is 0 Å². The van der Waals surface area contributed by atoms with Crippen LogP contribution in [-0.2, 0) is 9.53 Å². The summed E-state index contributed by atoms with van der Waals surface area (Å²) >= 11 is 0. The Balaban J connectivity index is 2.03. The molecule has 140 valence electrons. The molecule has 0 bridgehead atoms. The lowest BCUT2D eigenvalue weighted by Crippen LogP contribution is -2.52. The summed E-state index contributed by atoms with van der Waals surface area (Å²) in [6.45, 7) is 5.82. The van der Waals surface area contributed by atoms with Gasteiger partial charge in [-0.15, -0.1) is 0 Å². The first kappa shape index (κ1) is 18.1. The van der Waals surface area contributed by atoms with Crippen LogP contribution in [0.2, 0.25) is 0 Å². The SMILES string of the molecule is COc1ccc(OC)c2c1C=C1CN(C(=O)OC(C)C)CC(=O)N1C2C. The summed E-state index contributed by atoms with van der Waals surface area (Å²) in [4.78, 5) is 28.2. The lowest BCUT2D eigenvalue weighted by atomic mass is 9.91. The van der Waals surface area contributed by atoms with Crippen molar-refractivity contribution in [1.82, 2.24) is 9.80 Å². The number of rotatable bonds is 3. The molecule has 26 heavy (non-hydrogen) atoms. The first-order valence-electron chi connectivity index (χ1n) is 8.60. The Bertz CT molecular complexity index is 771. The average Bonchev–Trinajstić information content (AvgIpc) is 2.59. The molecule has 1 aromatic rings. The number of nitrogens with zero attached hydrogens (tertiary/aromatic N) is 2. The monoisotopic (exact) mass is 360 g/mol. The van der Waals surface area contributed by atoms with Crippen molar-refractivity contribution in [3.63, 3.8) is 0 Å². The van der Waals surface area contributed by atoms with Crippen LogP contribution in [0.5, 0.6) is 11.5 Å². The summed E-state index contributed by atoms with van der Waals surface area (Å²) in [7, 11) is 3.21. The third-order valence-corrected chi connectivity index (χ3v) is 4.61. The van der Waals surface area contributed by atoms with Crippen molar-refractivity contribution in [3.8, 4) is 11.5 Å². The molecular formula is C19H24N2O5. The van der Waals surface area contributed by atoms with Crippen LogP contribution >= 0.6 is 0 Å². The number of ether oxygens (including phenoxy) is 3. The smallest absolute Gasteiger partial charge is 0.410 e. The topological polar surface area (TPSA) is 68.3 Å². The van der Waals surface area contributed by atoms with E-state index in [1.807, 2.05) is 25.1 Å². The molecule has 1 saturated heterocycles. The molecule has 1 aromatic carbocycles. The Morgan fingerprint density at radius 3 is 2.42 bits per heavy atom. The van der Waals surface area contributed by atoms with E-state index in [9.17, 15) is 9.59 Å². The Labute approximate surface area is 153 Å². The Kier molecular flexibility index (Phi) is 4.80. The molecule has 1 unspecified atom stereocenters. The Hall–Kier alpha value is -2.70. The van der Waals surface area contributed by atoms with Crippen LogP contribution in [0.1, 0.15) is 37.9 Å². The maximum absolute atomic E-state index is 12.8. The second-order valence-corrected chi connectivity index (χ2v) is 6.66. The predicted octanol–water partition coefficient (Wildman–Crippen LogP) is 2.81. The fourth-order valence-corrected chi connectivity index (χ4v) is 3.54. The van der Waals surface area contributed by atoms with E-state index in [-0.39, 0.29) is 24.6 Å². The van der Waals surface area contributed by atoms with Crippen LogP contribution in [-0.4, -0.2) is 55.2 Å². The van der Waals surface area contributed by atoms with Crippen molar-refractivity contribution in [1.29, 1.82) is 0 Å². The molecule has 2 aliphatic heterocycles. The molecule has 7 heteroatoms. The van der Waals surface area contributed by atoms with E-state index in [2.05, 4.69) is 0 Å². The van der Waals surface area contributed by atoms with Crippen LogP contribution in [0.3, 0.4) is 0 Å². The van der Waals surface area contributed by atoms with Crippen LogP contribution in [0.4, 0.5) is 4.79 Å². The van der Waals surface area contributed by atoms with Gasteiger partial charge in [0.1, 0.15) is 18.0 Å². The third kappa shape index (κ3) is 2.98. The summed E-state index contributed by atoms with van der Waals surface area (Å²) < 4.78 is 16.2. The van der Waals surface area contributed by atoms with Gasteiger partial charge in [0.2, 0.25) is 5.91 Å². The molecule has 0 aromatic heterocycles. The third-order valence-electron chi connectivity index (χ3n) is 4.61. The summed E-state index contributed by atoms with van der Waals surface area (Å²) in [5.41, 5.74) is 2.52. The zero-order valence-corrected chi connectivity index (χ0v) is 15.7. The molecule has 1 fully saturated rings. The number of benzene rings is 1. The minimum atomic E-state index is -0.482. The number of fused-ring (bicyclic) bond motifs is 2. The van der Waals surface area contributed by atoms with Gasteiger partial charge in [-0.25, -0.2) is 4.79 Å². The van der Waals surface area contributed by atoms with Crippen molar-refractivity contribution in [2.24, 2.45) is 0 Å². The second kappa shape index (κ2) is 6.90. The van der Waals surface area contributed by atoms with Gasteiger partial charge in [0, 0.05) is 16.8 Å². The highest BCUT2D eigenvalue weighted by Gasteiger charge is 2.39. The van der Waals surface area contributed by atoms with Crippen LogP contribution in [0.15, 0.2) is 17.8 Å². The van der Waals surface area contributed by atoms with Crippen molar-refractivity contribution in [3.05, 3.63) is 29.0 Å². The van der Waals surface area contributed by atoms with E-state index >= 15 is 0 Å². The maximum atomic E-state index is 12.8. The first-order valence-corrected chi connectivity index (χ1v) is 8.60. The highest BCUT2D eigenvalue weighted by Crippen LogP contribution is 2.44. The van der Waals surface area contributed by atoms with Crippen molar-refractivity contribution in [2.75, 3.05) is 27.3 Å². The lowest BCUT2D eigenvalue weighted by molar-refractivity contribution is -0.134. The van der Waals surface area contributed by atoms with Gasteiger partial charge in [-0.2, -0.15) is 0 Å². The fourth-order valence-electron chi connectivity index (χ4n) is 3.54. The number of piperazine rings is 1. The normalized spacial score (nSPS) is 18.9. The van der Waals surface area contributed by atoms with E-state index in [0.717, 1.165) is 16.8 Å². The molecule has 0 aliphatic carbocycles. The van der Waals surface area contributed by atoms with Gasteiger partial charge in [-0.05, 0) is 39.0 Å². The second-order valence-electron chi connectivity index (χ2n) is 6.66. The molecule has 3 rings (SSSR count). The van der Waals surface area contributed by atoms with Gasteiger partial charge in [0.25, 0.3) is 0 Å². The van der Waals surface area contributed by atoms with E-state index in [1.165, 1.54) is 4.90 Å². The zero-order valence-electron chi connectivity index (χ0n) is 15.7. The molecule has 7 nitrogen and oxygen atoms in total. The van der Waals surface area contributed by atoms with Crippen LogP contribution < -0.4 is 9.47 Å². The average molecular weight is 360 g/mol. The van der Waals surface area contributed by atoms with Crippen molar-refractivity contribution < 1.29 is 23.8 Å². The molecule has 0 spiro atoms. The lowest BCUT2D eigenvalue weighted by Gasteiger charge is -2.42. The molecule has 2 heterocycles. The van der Waals surface area contributed by atoms with Crippen molar-refractivity contribution >= 4 is 18.1 Å². The van der Waals surface area contributed by atoms with Gasteiger partial charge in [-0.3, -0.25) is 9.69 Å². The van der Waals surface area contributed by atoms with E-state index < -0.39 is 6.09 Å². The number of hydrogen-bond donors (Lipinski definition) is 0. The molecular weight excluding hydrogens is 336 g/mol. The maximum Gasteiger partial charge on any atom is 0.410 e. The standard InChI is InChI=1S/C19H24N2O5/c1-11(2)26-19(23)20-9-13-8-14-15(24-4)6-7-16(25-5)18(14)12(3)21(13)17(22)10-20/h6-8,11-12H,9-10H2,1-5H3. The fraction of sp³-hybridized carbons (Fsp3) is 0.474. The molecule has 2 amide bonds. The summed E-state index contributed by atoms with van der Waals surface area (Å²) in [6.07, 6.45) is 1.17. The highest BCUT2D eigenvalue weighted by molar-refractivity contribution is 5.89. The Morgan fingerprint density at radius 1 is 1.15 bits per heavy atom. The summed E-state index contributed by atoms with van der Waals surface area (Å²) in [5.74, 6) is 1.26. The number of amides is 2. The van der Waals surface area contributed by atoms with E-state index in [0.29, 0.717) is 18.0 Å². The number of carbonyl (C=O) groups excluding carboxylic acids is 2. The predicted molar refractivity (Wildman–Crippen MR) is 96.0 cm³/mol. The van der Waals surface area contributed by atoms with Crippen LogP contribution in [0, 0.1) is 0 Å². The van der Waals surface area contributed by atoms with Gasteiger partial charge >= 0.3 is 6.09 Å². The number of hydrogen-bond acceptors (Lipinski definition) is 5. The van der Waals surface area contributed by atoms with E-state index in [4.69, 9.17) is 14.2 Å². The summed E-state index contributed by atoms with van der Waals surface area (Å²) in [6, 6.07) is 3.46.